The number of piperidine rings is 1. The van der Waals surface area contributed by atoms with Gasteiger partial charge in [-0.3, -0.25) is 4.79 Å². The molecule has 152 valence electrons. The van der Waals surface area contributed by atoms with E-state index in [1.165, 1.54) is 31.8 Å². The zero-order chi connectivity index (χ0) is 19.9. The first kappa shape index (κ1) is 20.2. The average molecular weight is 387 g/mol. The number of rotatable bonds is 6. The van der Waals surface area contributed by atoms with Crippen molar-refractivity contribution < 1.29 is 23.8 Å². The molecule has 0 radical (unpaired) electrons. The number of ether oxygens (including phenoxy) is 3. The van der Waals surface area contributed by atoms with Crippen LogP contribution in [-0.4, -0.2) is 50.2 Å². The molecule has 1 aromatic rings. The Balaban J connectivity index is 1.54. The fraction of sp³-hybridized carbons (Fsp3) is 0.545. The number of likely N-dealkylation sites (tertiary alicyclic amines) is 1. The second-order valence-corrected chi connectivity index (χ2v) is 7.39. The molecule has 0 N–H and O–H groups in total. The van der Waals surface area contributed by atoms with Gasteiger partial charge in [-0.25, -0.2) is 4.79 Å². The van der Waals surface area contributed by atoms with Gasteiger partial charge >= 0.3 is 5.97 Å². The molecule has 6 nitrogen and oxygen atoms in total. The van der Waals surface area contributed by atoms with Gasteiger partial charge in [-0.2, -0.15) is 0 Å². The Bertz CT molecular complexity index is 728. The molecule has 3 rings (SSSR count). The van der Waals surface area contributed by atoms with Crippen molar-refractivity contribution in [1.82, 2.24) is 4.90 Å². The Labute approximate surface area is 166 Å². The number of hydrogen-bond acceptors (Lipinski definition) is 5. The van der Waals surface area contributed by atoms with Crippen LogP contribution in [0.3, 0.4) is 0 Å². The second-order valence-electron chi connectivity index (χ2n) is 7.39. The Morgan fingerprint density at radius 3 is 2.68 bits per heavy atom. The quantitative estimate of drug-likeness (QED) is 0.553. The van der Waals surface area contributed by atoms with Gasteiger partial charge < -0.3 is 19.1 Å². The lowest BCUT2D eigenvalue weighted by Crippen LogP contribution is -2.50. The van der Waals surface area contributed by atoms with Crippen LogP contribution in [0.4, 0.5) is 0 Å². The number of carbonyl (C=O) groups excluding carboxylic acids is 2. The van der Waals surface area contributed by atoms with Crippen molar-refractivity contribution in [1.29, 1.82) is 0 Å². The first-order valence-corrected chi connectivity index (χ1v) is 9.98. The van der Waals surface area contributed by atoms with Gasteiger partial charge in [-0.1, -0.05) is 12.8 Å². The molecule has 2 aliphatic rings. The van der Waals surface area contributed by atoms with Crippen LogP contribution in [-0.2, 0) is 14.3 Å². The number of fused-ring (bicyclic) bond motifs is 1. The second kappa shape index (κ2) is 9.62. The van der Waals surface area contributed by atoms with Crippen molar-refractivity contribution in [3.63, 3.8) is 0 Å². The van der Waals surface area contributed by atoms with Gasteiger partial charge in [0.2, 0.25) is 0 Å². The predicted octanol–water partition coefficient (Wildman–Crippen LogP) is 3.44. The smallest absolute Gasteiger partial charge is 0.331 e. The molecule has 28 heavy (non-hydrogen) atoms. The summed E-state index contributed by atoms with van der Waals surface area (Å²) in [4.78, 5) is 26.6. The van der Waals surface area contributed by atoms with Crippen molar-refractivity contribution >= 4 is 18.0 Å². The van der Waals surface area contributed by atoms with E-state index in [9.17, 15) is 9.59 Å². The van der Waals surface area contributed by atoms with Crippen LogP contribution < -0.4 is 9.47 Å². The molecule has 0 aromatic heterocycles. The van der Waals surface area contributed by atoms with E-state index >= 15 is 0 Å². The van der Waals surface area contributed by atoms with E-state index in [-0.39, 0.29) is 12.5 Å². The monoisotopic (exact) mass is 387 g/mol. The number of hydrogen-bond donors (Lipinski definition) is 0. The summed E-state index contributed by atoms with van der Waals surface area (Å²) in [5, 5.41) is 0. The van der Waals surface area contributed by atoms with Gasteiger partial charge in [0.25, 0.3) is 5.91 Å². The summed E-state index contributed by atoms with van der Waals surface area (Å²) in [5.41, 5.74) is 0.729. The van der Waals surface area contributed by atoms with Gasteiger partial charge in [0, 0.05) is 30.3 Å². The lowest BCUT2D eigenvalue weighted by atomic mass is 9.78. The van der Waals surface area contributed by atoms with Crippen molar-refractivity contribution in [3.05, 3.63) is 29.8 Å². The first-order chi connectivity index (χ1) is 13.6. The zero-order valence-corrected chi connectivity index (χ0v) is 16.7. The maximum Gasteiger partial charge on any atom is 0.331 e. The van der Waals surface area contributed by atoms with E-state index in [2.05, 4.69) is 0 Å². The molecular formula is C22H29NO5. The highest BCUT2D eigenvalue weighted by Gasteiger charge is 2.35. The molecule has 0 unspecified atom stereocenters. The predicted molar refractivity (Wildman–Crippen MR) is 106 cm³/mol. The van der Waals surface area contributed by atoms with Crippen LogP contribution in [0, 0.1) is 5.92 Å². The molecule has 1 heterocycles. The van der Waals surface area contributed by atoms with Crippen LogP contribution in [0.25, 0.3) is 6.08 Å². The minimum absolute atomic E-state index is 0.0830. The summed E-state index contributed by atoms with van der Waals surface area (Å²) in [6.45, 7) is 0.572. The molecule has 1 aromatic carbocycles. The summed E-state index contributed by atoms with van der Waals surface area (Å²) in [6.07, 6.45) is 9.90. The number of esters is 1. The molecule has 1 aliphatic heterocycles. The van der Waals surface area contributed by atoms with Crippen LogP contribution in [0.2, 0.25) is 0 Å². The van der Waals surface area contributed by atoms with Crippen molar-refractivity contribution in [3.8, 4) is 11.5 Å². The standard InChI is InChI=1S/C22H29NO5/c1-26-18-11-9-17(20(14-18)27-2)10-12-22(25)28-15-21(24)23-13-5-7-16-6-3-4-8-19(16)23/h9-12,14,16,19H,3-8,13,15H2,1-2H3/b12-10+/t16-,19-/m1/s1. The largest absolute Gasteiger partial charge is 0.497 e. The Kier molecular flexibility index (Phi) is 6.95. The van der Waals surface area contributed by atoms with E-state index in [0.29, 0.717) is 23.5 Å². The first-order valence-electron chi connectivity index (χ1n) is 9.98. The highest BCUT2D eigenvalue weighted by Crippen LogP contribution is 2.35. The van der Waals surface area contributed by atoms with Crippen LogP contribution >= 0.6 is 0 Å². The molecule has 1 aliphatic carbocycles. The summed E-state index contributed by atoms with van der Waals surface area (Å²) in [6, 6.07) is 5.65. The molecule has 6 heteroatoms. The van der Waals surface area contributed by atoms with Gasteiger partial charge in [0.15, 0.2) is 6.61 Å². The van der Waals surface area contributed by atoms with Crippen LogP contribution in [0.5, 0.6) is 11.5 Å². The third-order valence-corrected chi connectivity index (χ3v) is 5.74. The highest BCUT2D eigenvalue weighted by atomic mass is 16.5. The molecule has 2 fully saturated rings. The summed E-state index contributed by atoms with van der Waals surface area (Å²) < 4.78 is 15.7. The molecule has 1 amide bonds. The fourth-order valence-electron chi connectivity index (χ4n) is 4.31. The number of benzene rings is 1. The van der Waals surface area contributed by atoms with Gasteiger partial charge in [0.05, 0.1) is 14.2 Å². The third kappa shape index (κ3) is 4.86. The fourth-order valence-corrected chi connectivity index (χ4v) is 4.31. The van der Waals surface area contributed by atoms with E-state index in [0.717, 1.165) is 24.9 Å². The zero-order valence-electron chi connectivity index (χ0n) is 16.7. The SMILES string of the molecule is COc1ccc(/C=C/C(=O)OCC(=O)N2CCC[C@H]3CCCC[C@H]32)c(OC)c1. The van der Waals surface area contributed by atoms with Gasteiger partial charge in [-0.15, -0.1) is 0 Å². The Hall–Kier alpha value is -2.50. The normalized spacial score (nSPS) is 21.9. The topological polar surface area (TPSA) is 65.1 Å². The number of methoxy groups -OCH3 is 2. The van der Waals surface area contributed by atoms with Gasteiger partial charge in [-0.05, 0) is 49.8 Å². The average Bonchev–Trinajstić information content (AvgIpc) is 2.75. The van der Waals surface area contributed by atoms with E-state index in [1.54, 1.807) is 38.5 Å². The van der Waals surface area contributed by atoms with Crippen molar-refractivity contribution in [2.45, 2.75) is 44.6 Å². The minimum Gasteiger partial charge on any atom is -0.497 e. The third-order valence-electron chi connectivity index (χ3n) is 5.74. The molecular weight excluding hydrogens is 358 g/mol. The molecule has 0 spiro atoms. The molecule has 2 atom stereocenters. The summed E-state index contributed by atoms with van der Waals surface area (Å²) in [5.74, 6) is 1.26. The molecule has 1 saturated carbocycles. The Morgan fingerprint density at radius 1 is 1.11 bits per heavy atom. The maximum absolute atomic E-state index is 12.6. The van der Waals surface area contributed by atoms with E-state index in [1.807, 2.05) is 4.90 Å². The van der Waals surface area contributed by atoms with Crippen molar-refractivity contribution in [2.24, 2.45) is 5.92 Å². The number of nitrogens with zero attached hydrogens (tertiary/aromatic N) is 1. The van der Waals surface area contributed by atoms with Crippen LogP contribution in [0.15, 0.2) is 24.3 Å². The summed E-state index contributed by atoms with van der Waals surface area (Å²) in [7, 11) is 3.14. The lowest BCUT2D eigenvalue weighted by Gasteiger charge is -2.44. The highest BCUT2D eigenvalue weighted by molar-refractivity contribution is 5.89. The van der Waals surface area contributed by atoms with Crippen LogP contribution in [0.1, 0.15) is 44.1 Å². The Morgan fingerprint density at radius 2 is 1.89 bits per heavy atom. The maximum atomic E-state index is 12.6. The van der Waals surface area contributed by atoms with Gasteiger partial charge in [0.1, 0.15) is 11.5 Å². The van der Waals surface area contributed by atoms with E-state index < -0.39 is 5.97 Å². The molecule has 0 bridgehead atoms. The van der Waals surface area contributed by atoms with Crippen molar-refractivity contribution in [2.75, 3.05) is 27.4 Å². The summed E-state index contributed by atoms with van der Waals surface area (Å²) >= 11 is 0. The van der Waals surface area contributed by atoms with E-state index in [4.69, 9.17) is 14.2 Å². The molecule has 1 saturated heterocycles. The minimum atomic E-state index is -0.538. The lowest BCUT2D eigenvalue weighted by molar-refractivity contribution is -0.151. The number of amides is 1. The number of carbonyl (C=O) groups is 2.